The monoisotopic (exact) mass is 438 g/mol. The molecule has 0 saturated carbocycles. The third-order valence-electron chi connectivity index (χ3n) is 7.09. The van der Waals surface area contributed by atoms with Gasteiger partial charge in [0.05, 0.1) is 5.69 Å². The van der Waals surface area contributed by atoms with Crippen LogP contribution in [0.15, 0.2) is 28.7 Å². The number of oxazole rings is 1. The Morgan fingerprint density at radius 1 is 1.09 bits per heavy atom. The van der Waals surface area contributed by atoms with Gasteiger partial charge in [0.15, 0.2) is 0 Å². The molecule has 1 aromatic heterocycles. The first-order chi connectivity index (χ1) is 15.5. The van der Waals surface area contributed by atoms with Crippen LogP contribution in [0.1, 0.15) is 49.6 Å². The van der Waals surface area contributed by atoms with Crippen LogP contribution in [0, 0.1) is 25.7 Å². The molecule has 0 unspecified atom stereocenters. The summed E-state index contributed by atoms with van der Waals surface area (Å²) in [7, 11) is 0. The number of carbonyl (C=O) groups excluding carboxylic acids is 1. The molecule has 2 aromatic rings. The smallest absolute Gasteiger partial charge is 0.226 e. The van der Waals surface area contributed by atoms with Gasteiger partial charge in [-0.05, 0) is 83.8 Å². The molecule has 0 radical (unpaired) electrons. The summed E-state index contributed by atoms with van der Waals surface area (Å²) in [6, 6.07) is 8.25. The Hall–Kier alpha value is -2.18. The molecule has 6 nitrogen and oxygen atoms in total. The highest BCUT2D eigenvalue weighted by Gasteiger charge is 2.26. The molecule has 2 saturated heterocycles. The second-order valence-electron chi connectivity index (χ2n) is 9.76. The number of amides is 1. The molecular weight excluding hydrogens is 400 g/mol. The van der Waals surface area contributed by atoms with Gasteiger partial charge in [0.25, 0.3) is 0 Å². The number of hydrogen-bond donors (Lipinski definition) is 1. The average molecular weight is 439 g/mol. The van der Waals surface area contributed by atoms with Crippen LogP contribution in [0.5, 0.6) is 0 Å². The van der Waals surface area contributed by atoms with Gasteiger partial charge >= 0.3 is 0 Å². The van der Waals surface area contributed by atoms with Crippen molar-refractivity contribution in [2.45, 2.75) is 53.0 Å². The van der Waals surface area contributed by atoms with Crippen LogP contribution in [-0.2, 0) is 11.3 Å². The Morgan fingerprint density at radius 2 is 1.81 bits per heavy atom. The van der Waals surface area contributed by atoms with Gasteiger partial charge in [-0.1, -0.05) is 24.6 Å². The summed E-state index contributed by atoms with van der Waals surface area (Å²) < 4.78 is 5.95. The van der Waals surface area contributed by atoms with Crippen LogP contribution in [0.3, 0.4) is 0 Å². The van der Waals surface area contributed by atoms with Crippen molar-refractivity contribution in [2.24, 2.45) is 11.8 Å². The molecule has 32 heavy (non-hydrogen) atoms. The van der Waals surface area contributed by atoms with Gasteiger partial charge in [-0.3, -0.25) is 9.69 Å². The van der Waals surface area contributed by atoms with Crippen molar-refractivity contribution in [3.05, 3.63) is 41.3 Å². The number of piperidine rings is 2. The normalized spacial score (nSPS) is 19.3. The fraction of sp³-hybridized carbons (Fsp3) is 0.615. The van der Waals surface area contributed by atoms with E-state index in [-0.39, 0.29) is 11.8 Å². The lowest BCUT2D eigenvalue weighted by Gasteiger charge is -2.32. The zero-order chi connectivity index (χ0) is 22.5. The van der Waals surface area contributed by atoms with Gasteiger partial charge < -0.3 is 14.6 Å². The molecule has 0 aliphatic carbocycles. The Labute approximate surface area is 192 Å². The largest absolute Gasteiger partial charge is 0.441 e. The molecule has 3 heterocycles. The van der Waals surface area contributed by atoms with E-state index in [0.717, 1.165) is 68.5 Å². The summed E-state index contributed by atoms with van der Waals surface area (Å²) in [6.45, 7) is 13.1. The van der Waals surface area contributed by atoms with E-state index in [9.17, 15) is 4.79 Å². The van der Waals surface area contributed by atoms with Crippen LogP contribution in [-0.4, -0.2) is 60.0 Å². The maximum Gasteiger partial charge on any atom is 0.226 e. The van der Waals surface area contributed by atoms with E-state index in [0.29, 0.717) is 5.89 Å². The third-order valence-corrected chi connectivity index (χ3v) is 7.09. The van der Waals surface area contributed by atoms with Crippen LogP contribution in [0.2, 0.25) is 0 Å². The minimum Gasteiger partial charge on any atom is -0.441 e. The Morgan fingerprint density at radius 3 is 2.53 bits per heavy atom. The molecule has 0 bridgehead atoms. The maximum atomic E-state index is 12.6. The van der Waals surface area contributed by atoms with E-state index in [4.69, 9.17) is 9.40 Å². The molecule has 0 atom stereocenters. The molecular formula is C26H38N4O2. The summed E-state index contributed by atoms with van der Waals surface area (Å²) in [5.74, 6) is 2.79. The maximum absolute atomic E-state index is 12.6. The topological polar surface area (TPSA) is 61.6 Å². The minimum atomic E-state index is 0.133. The number of nitrogens with zero attached hydrogens (tertiary/aromatic N) is 3. The number of likely N-dealkylation sites (tertiary alicyclic amines) is 2. The molecule has 0 spiro atoms. The predicted octanol–water partition coefficient (Wildman–Crippen LogP) is 4.02. The first kappa shape index (κ1) is 23.0. The van der Waals surface area contributed by atoms with Crippen molar-refractivity contribution in [3.8, 4) is 11.5 Å². The van der Waals surface area contributed by atoms with Gasteiger partial charge in [-0.15, -0.1) is 0 Å². The number of nitrogens with one attached hydrogen (secondary N) is 1. The van der Waals surface area contributed by atoms with E-state index in [1.54, 1.807) is 0 Å². The highest BCUT2D eigenvalue weighted by molar-refractivity contribution is 5.78. The number of benzene rings is 1. The number of hydrogen-bond acceptors (Lipinski definition) is 5. The molecule has 2 aliphatic heterocycles. The minimum absolute atomic E-state index is 0.133. The Balaban J connectivity index is 1.21. The lowest BCUT2D eigenvalue weighted by Crippen LogP contribution is -2.43. The molecule has 1 amide bonds. The van der Waals surface area contributed by atoms with Gasteiger partial charge in [-0.2, -0.15) is 0 Å². The molecule has 2 aliphatic rings. The second kappa shape index (κ2) is 10.6. The van der Waals surface area contributed by atoms with E-state index >= 15 is 0 Å². The van der Waals surface area contributed by atoms with Gasteiger partial charge in [-0.25, -0.2) is 4.98 Å². The highest BCUT2D eigenvalue weighted by atomic mass is 16.4. The van der Waals surface area contributed by atoms with Crippen molar-refractivity contribution < 1.29 is 9.21 Å². The van der Waals surface area contributed by atoms with Crippen LogP contribution >= 0.6 is 0 Å². The Bertz CT molecular complexity index is 893. The molecule has 1 N–H and O–H groups in total. The van der Waals surface area contributed by atoms with Crippen molar-refractivity contribution in [2.75, 3.05) is 39.3 Å². The van der Waals surface area contributed by atoms with E-state index in [2.05, 4.69) is 41.1 Å². The van der Waals surface area contributed by atoms with Gasteiger partial charge in [0, 0.05) is 31.1 Å². The van der Waals surface area contributed by atoms with Crippen molar-refractivity contribution >= 4 is 5.91 Å². The zero-order valence-corrected chi connectivity index (χ0v) is 19.9. The SMILES string of the molecule is Cc1cccc(-c2nc(CN3CCC(C(=O)NCCN4CCC(C)CC4)CC3)c(C)o2)c1. The molecule has 174 valence electrons. The standard InChI is InChI=1S/C26H38N4O2/c1-19-7-12-29(13-8-19)16-11-27-25(31)22-9-14-30(15-10-22)18-24-21(3)32-26(28-24)23-6-4-5-20(2)17-23/h4-6,17,19,22H,7-16,18H2,1-3H3,(H,27,31). The number of aromatic nitrogens is 1. The Kier molecular flexibility index (Phi) is 7.63. The highest BCUT2D eigenvalue weighted by Crippen LogP contribution is 2.25. The average Bonchev–Trinajstić information content (AvgIpc) is 3.16. The predicted molar refractivity (Wildman–Crippen MR) is 127 cm³/mol. The summed E-state index contributed by atoms with van der Waals surface area (Å²) in [6.07, 6.45) is 4.39. The lowest BCUT2D eigenvalue weighted by molar-refractivity contribution is -0.126. The van der Waals surface area contributed by atoms with E-state index in [1.807, 2.05) is 19.1 Å². The van der Waals surface area contributed by atoms with Crippen LogP contribution < -0.4 is 5.32 Å². The summed E-state index contributed by atoms with van der Waals surface area (Å²) in [4.78, 5) is 22.3. The third kappa shape index (κ3) is 5.99. The second-order valence-corrected chi connectivity index (χ2v) is 9.76. The lowest BCUT2D eigenvalue weighted by atomic mass is 9.95. The summed E-state index contributed by atoms with van der Waals surface area (Å²) in [5, 5.41) is 3.18. The van der Waals surface area contributed by atoms with Crippen LogP contribution in [0.25, 0.3) is 11.5 Å². The first-order valence-electron chi connectivity index (χ1n) is 12.2. The number of carbonyl (C=O) groups is 1. The van der Waals surface area contributed by atoms with Crippen molar-refractivity contribution in [3.63, 3.8) is 0 Å². The molecule has 6 heteroatoms. The number of aryl methyl sites for hydroxylation is 2. The summed E-state index contributed by atoms with van der Waals surface area (Å²) in [5.41, 5.74) is 3.22. The van der Waals surface area contributed by atoms with Crippen LogP contribution in [0.4, 0.5) is 0 Å². The van der Waals surface area contributed by atoms with Crippen molar-refractivity contribution in [1.29, 1.82) is 0 Å². The quantitative estimate of drug-likeness (QED) is 0.708. The molecule has 1 aromatic carbocycles. The van der Waals surface area contributed by atoms with Crippen molar-refractivity contribution in [1.82, 2.24) is 20.1 Å². The van der Waals surface area contributed by atoms with Gasteiger partial charge in [0.1, 0.15) is 5.76 Å². The van der Waals surface area contributed by atoms with Gasteiger partial charge in [0.2, 0.25) is 11.8 Å². The van der Waals surface area contributed by atoms with E-state index in [1.165, 1.54) is 31.5 Å². The fourth-order valence-electron chi connectivity index (χ4n) is 4.81. The number of rotatable bonds is 7. The molecule has 2 fully saturated rings. The summed E-state index contributed by atoms with van der Waals surface area (Å²) >= 11 is 0. The zero-order valence-electron chi connectivity index (χ0n) is 19.9. The first-order valence-corrected chi connectivity index (χ1v) is 12.2. The van der Waals surface area contributed by atoms with E-state index < -0.39 is 0 Å². The fourth-order valence-corrected chi connectivity index (χ4v) is 4.81. The molecule has 4 rings (SSSR count).